The molecule has 2 unspecified atom stereocenters. The summed E-state index contributed by atoms with van der Waals surface area (Å²) in [5.41, 5.74) is 0.451. The quantitative estimate of drug-likeness (QED) is 0.820. The lowest BCUT2D eigenvalue weighted by molar-refractivity contribution is -0.142. The fraction of sp³-hybridized carbons (Fsp3) is 0.429. The van der Waals surface area contributed by atoms with Gasteiger partial charge in [0, 0.05) is 13.0 Å². The van der Waals surface area contributed by atoms with Crippen LogP contribution in [0.3, 0.4) is 0 Å². The lowest BCUT2D eigenvalue weighted by atomic mass is 10.2. The van der Waals surface area contributed by atoms with Gasteiger partial charge in [-0.1, -0.05) is 0 Å². The molecule has 1 aromatic carbocycles. The van der Waals surface area contributed by atoms with Crippen molar-refractivity contribution in [3.05, 3.63) is 29.8 Å². The van der Waals surface area contributed by atoms with E-state index < -0.39 is 12.0 Å². The molecule has 20 heavy (non-hydrogen) atoms. The number of ether oxygens (including phenoxy) is 3. The highest BCUT2D eigenvalue weighted by atomic mass is 16.5. The molecule has 0 spiro atoms. The van der Waals surface area contributed by atoms with Gasteiger partial charge in [-0.15, -0.1) is 0 Å². The number of carbonyl (C=O) groups is 2. The Bertz CT molecular complexity index is 485. The first-order chi connectivity index (χ1) is 9.63. The van der Waals surface area contributed by atoms with Crippen LogP contribution in [0.4, 0.5) is 0 Å². The van der Waals surface area contributed by atoms with Crippen LogP contribution in [0.25, 0.3) is 0 Å². The van der Waals surface area contributed by atoms with E-state index in [0.717, 1.165) is 0 Å². The first-order valence-electron chi connectivity index (χ1n) is 6.30. The van der Waals surface area contributed by atoms with Crippen LogP contribution in [0.5, 0.6) is 5.75 Å². The zero-order chi connectivity index (χ0) is 14.5. The molecule has 0 aliphatic carbocycles. The van der Waals surface area contributed by atoms with Crippen molar-refractivity contribution in [1.82, 2.24) is 5.32 Å². The number of rotatable bonds is 4. The summed E-state index contributed by atoms with van der Waals surface area (Å²) in [5, 5.41) is 2.96. The maximum atomic E-state index is 11.9. The third-order valence-corrected chi connectivity index (χ3v) is 3.18. The molecule has 1 N–H and O–H groups in total. The molecule has 0 aromatic heterocycles. The molecular weight excluding hydrogens is 262 g/mol. The van der Waals surface area contributed by atoms with Gasteiger partial charge >= 0.3 is 11.9 Å². The molecule has 0 radical (unpaired) electrons. The first-order valence-corrected chi connectivity index (χ1v) is 6.30. The molecule has 1 fully saturated rings. The van der Waals surface area contributed by atoms with E-state index in [9.17, 15) is 9.59 Å². The summed E-state index contributed by atoms with van der Waals surface area (Å²) in [7, 11) is 2.89. The molecule has 6 heteroatoms. The summed E-state index contributed by atoms with van der Waals surface area (Å²) in [6.45, 7) is 0.446. The van der Waals surface area contributed by atoms with Crippen molar-refractivity contribution >= 4 is 11.9 Å². The van der Waals surface area contributed by atoms with Gasteiger partial charge in [0.05, 0.1) is 19.8 Å². The smallest absolute Gasteiger partial charge is 0.338 e. The maximum absolute atomic E-state index is 11.9. The molecule has 0 amide bonds. The van der Waals surface area contributed by atoms with E-state index in [1.165, 1.54) is 7.11 Å². The summed E-state index contributed by atoms with van der Waals surface area (Å²) < 4.78 is 15.0. The molecule has 1 aliphatic heterocycles. The predicted molar refractivity (Wildman–Crippen MR) is 70.6 cm³/mol. The monoisotopic (exact) mass is 279 g/mol. The number of benzene rings is 1. The molecule has 6 nitrogen and oxygen atoms in total. The molecule has 0 bridgehead atoms. The highest BCUT2D eigenvalue weighted by molar-refractivity contribution is 5.89. The van der Waals surface area contributed by atoms with E-state index >= 15 is 0 Å². The second-order valence-corrected chi connectivity index (χ2v) is 4.48. The zero-order valence-electron chi connectivity index (χ0n) is 11.4. The summed E-state index contributed by atoms with van der Waals surface area (Å²) in [5.74, 6) is -0.0761. The van der Waals surface area contributed by atoms with Crippen molar-refractivity contribution in [3.63, 3.8) is 0 Å². The van der Waals surface area contributed by atoms with Gasteiger partial charge in [0.2, 0.25) is 0 Å². The number of nitrogens with one attached hydrogen (secondary N) is 1. The SMILES string of the molecule is COC(=O)C1CC(OC(=O)c2ccc(OC)cc2)CN1. The van der Waals surface area contributed by atoms with Gasteiger partial charge < -0.3 is 19.5 Å². The van der Waals surface area contributed by atoms with Crippen LogP contribution >= 0.6 is 0 Å². The Morgan fingerprint density at radius 1 is 1.20 bits per heavy atom. The van der Waals surface area contributed by atoms with Gasteiger partial charge in [-0.2, -0.15) is 0 Å². The number of hydrogen-bond acceptors (Lipinski definition) is 6. The van der Waals surface area contributed by atoms with Crippen molar-refractivity contribution in [2.24, 2.45) is 0 Å². The molecule has 1 aromatic rings. The van der Waals surface area contributed by atoms with Gasteiger partial charge in [0.1, 0.15) is 17.9 Å². The van der Waals surface area contributed by atoms with Gasteiger partial charge in [-0.05, 0) is 24.3 Å². The third-order valence-electron chi connectivity index (χ3n) is 3.18. The molecule has 1 aliphatic rings. The standard InChI is InChI=1S/C14H17NO5/c1-18-10-5-3-9(4-6-10)13(16)20-11-7-12(15-8-11)14(17)19-2/h3-6,11-12,15H,7-8H2,1-2H3. The van der Waals surface area contributed by atoms with Crippen LogP contribution in [-0.2, 0) is 14.3 Å². The molecule has 108 valence electrons. The highest BCUT2D eigenvalue weighted by Gasteiger charge is 2.32. The van der Waals surface area contributed by atoms with E-state index in [4.69, 9.17) is 9.47 Å². The van der Waals surface area contributed by atoms with Crippen LogP contribution in [0.2, 0.25) is 0 Å². The van der Waals surface area contributed by atoms with Crippen molar-refractivity contribution in [2.45, 2.75) is 18.6 Å². The lowest BCUT2D eigenvalue weighted by Crippen LogP contribution is -2.31. The van der Waals surface area contributed by atoms with Crippen molar-refractivity contribution in [3.8, 4) is 5.75 Å². The number of esters is 2. The number of hydrogen-bond donors (Lipinski definition) is 1. The Hall–Kier alpha value is -2.08. The van der Waals surface area contributed by atoms with E-state index in [1.807, 2.05) is 0 Å². The highest BCUT2D eigenvalue weighted by Crippen LogP contribution is 2.16. The minimum absolute atomic E-state index is 0.325. The van der Waals surface area contributed by atoms with Crippen LogP contribution in [0.15, 0.2) is 24.3 Å². The fourth-order valence-corrected chi connectivity index (χ4v) is 2.06. The van der Waals surface area contributed by atoms with Gasteiger partial charge in [-0.3, -0.25) is 4.79 Å². The summed E-state index contributed by atoms with van der Waals surface area (Å²) in [4.78, 5) is 23.3. The minimum atomic E-state index is -0.412. The molecule has 1 heterocycles. The van der Waals surface area contributed by atoms with Crippen LogP contribution in [-0.4, -0.2) is 44.8 Å². The number of carbonyl (C=O) groups excluding carboxylic acids is 2. The van der Waals surface area contributed by atoms with E-state index in [2.05, 4.69) is 10.1 Å². The Morgan fingerprint density at radius 3 is 2.50 bits per heavy atom. The molecule has 0 saturated carbocycles. The van der Waals surface area contributed by atoms with E-state index in [-0.39, 0.29) is 12.1 Å². The van der Waals surface area contributed by atoms with Crippen LogP contribution in [0, 0.1) is 0 Å². The Labute approximate surface area is 117 Å². The van der Waals surface area contributed by atoms with Gasteiger partial charge in [0.15, 0.2) is 0 Å². The Balaban J connectivity index is 1.90. The molecule has 2 rings (SSSR count). The van der Waals surface area contributed by atoms with Gasteiger partial charge in [-0.25, -0.2) is 4.79 Å². The van der Waals surface area contributed by atoms with Crippen LogP contribution in [0.1, 0.15) is 16.8 Å². The summed E-state index contributed by atoms with van der Waals surface area (Å²) in [6.07, 6.45) is 0.0999. The first kappa shape index (κ1) is 14.3. The molecular formula is C14H17NO5. The topological polar surface area (TPSA) is 73.9 Å². The van der Waals surface area contributed by atoms with Crippen molar-refractivity contribution in [2.75, 3.05) is 20.8 Å². The second-order valence-electron chi connectivity index (χ2n) is 4.48. The van der Waals surface area contributed by atoms with E-state index in [1.54, 1.807) is 31.4 Å². The average molecular weight is 279 g/mol. The van der Waals surface area contributed by atoms with E-state index in [0.29, 0.717) is 24.3 Å². The predicted octanol–water partition coefficient (Wildman–Crippen LogP) is 0.756. The normalized spacial score (nSPS) is 21.3. The average Bonchev–Trinajstić information content (AvgIpc) is 2.95. The maximum Gasteiger partial charge on any atom is 0.338 e. The summed E-state index contributed by atoms with van der Waals surface area (Å²) >= 11 is 0. The summed E-state index contributed by atoms with van der Waals surface area (Å²) in [6, 6.07) is 6.26. The van der Waals surface area contributed by atoms with Crippen molar-refractivity contribution in [1.29, 1.82) is 0 Å². The number of methoxy groups -OCH3 is 2. The molecule has 2 atom stereocenters. The van der Waals surface area contributed by atoms with Crippen LogP contribution < -0.4 is 10.1 Å². The Morgan fingerprint density at radius 2 is 1.90 bits per heavy atom. The largest absolute Gasteiger partial charge is 0.497 e. The zero-order valence-corrected chi connectivity index (χ0v) is 11.4. The van der Waals surface area contributed by atoms with Crippen molar-refractivity contribution < 1.29 is 23.8 Å². The third kappa shape index (κ3) is 3.27. The fourth-order valence-electron chi connectivity index (χ4n) is 2.06. The lowest BCUT2D eigenvalue weighted by Gasteiger charge is -2.11. The minimum Gasteiger partial charge on any atom is -0.497 e. The Kier molecular flexibility index (Phi) is 4.57. The second kappa shape index (κ2) is 6.38. The molecule has 1 saturated heterocycles. The van der Waals surface area contributed by atoms with Gasteiger partial charge in [0.25, 0.3) is 0 Å².